The molecule has 1 heterocycles. The van der Waals surface area contributed by atoms with Crippen molar-refractivity contribution in [2.24, 2.45) is 5.41 Å². The molecule has 0 spiro atoms. The Bertz CT molecular complexity index is 383. The van der Waals surface area contributed by atoms with Crippen molar-refractivity contribution in [3.05, 3.63) is 23.8 Å². The minimum absolute atomic E-state index is 0.130. The van der Waals surface area contributed by atoms with Crippen molar-refractivity contribution in [3.63, 3.8) is 0 Å². The summed E-state index contributed by atoms with van der Waals surface area (Å²) in [4.78, 5) is 0. The van der Waals surface area contributed by atoms with E-state index in [1.54, 1.807) is 7.11 Å². The summed E-state index contributed by atoms with van der Waals surface area (Å²) in [5.74, 6) is 0.823. The first-order valence-corrected chi connectivity index (χ1v) is 5.76. The molecule has 2 rings (SSSR count). The second kappa shape index (κ2) is 4.94. The number of benzene rings is 1. The van der Waals surface area contributed by atoms with Crippen LogP contribution >= 0.6 is 0 Å². The lowest BCUT2D eigenvalue weighted by atomic mass is 9.87. The molecule has 0 aliphatic carbocycles. The summed E-state index contributed by atoms with van der Waals surface area (Å²) in [6.07, 6.45) is 0. The molecule has 1 aliphatic heterocycles. The van der Waals surface area contributed by atoms with E-state index in [2.05, 4.69) is 5.32 Å². The summed E-state index contributed by atoms with van der Waals surface area (Å²) in [7, 11) is 1.66. The van der Waals surface area contributed by atoms with E-state index in [1.807, 2.05) is 25.1 Å². The van der Waals surface area contributed by atoms with Gasteiger partial charge in [-0.25, -0.2) is 0 Å². The fourth-order valence-electron chi connectivity index (χ4n) is 1.88. The van der Waals surface area contributed by atoms with E-state index in [9.17, 15) is 5.11 Å². The molecule has 1 saturated heterocycles. The van der Waals surface area contributed by atoms with Crippen molar-refractivity contribution in [3.8, 4) is 5.75 Å². The predicted molar refractivity (Wildman–Crippen MR) is 66.6 cm³/mol. The van der Waals surface area contributed by atoms with Crippen LogP contribution in [-0.2, 0) is 4.74 Å². The van der Waals surface area contributed by atoms with Gasteiger partial charge in [-0.15, -0.1) is 0 Å². The number of nitrogens with one attached hydrogen (secondary N) is 1. The Labute approximate surface area is 102 Å². The summed E-state index contributed by atoms with van der Waals surface area (Å²) >= 11 is 0. The third kappa shape index (κ3) is 2.53. The molecular formula is C13H19NO3. The molecule has 2 N–H and O–H groups in total. The number of aryl methyl sites for hydroxylation is 1. The molecule has 0 bridgehead atoms. The molecule has 1 aromatic carbocycles. The minimum Gasteiger partial charge on any atom is -0.495 e. The van der Waals surface area contributed by atoms with Crippen LogP contribution < -0.4 is 10.1 Å². The monoisotopic (exact) mass is 237 g/mol. The zero-order chi connectivity index (χ0) is 12.3. The minimum atomic E-state index is -0.130. The largest absolute Gasteiger partial charge is 0.495 e. The Morgan fingerprint density at radius 2 is 2.24 bits per heavy atom. The first kappa shape index (κ1) is 12.2. The van der Waals surface area contributed by atoms with Crippen molar-refractivity contribution in [1.29, 1.82) is 0 Å². The summed E-state index contributed by atoms with van der Waals surface area (Å²) in [6, 6.07) is 6.00. The van der Waals surface area contributed by atoms with Gasteiger partial charge in [0.05, 0.1) is 38.0 Å². The van der Waals surface area contributed by atoms with E-state index in [4.69, 9.17) is 9.47 Å². The molecule has 0 aromatic heterocycles. The van der Waals surface area contributed by atoms with Gasteiger partial charge in [0, 0.05) is 6.54 Å². The zero-order valence-corrected chi connectivity index (χ0v) is 10.3. The van der Waals surface area contributed by atoms with Gasteiger partial charge in [0.2, 0.25) is 0 Å². The van der Waals surface area contributed by atoms with Crippen molar-refractivity contribution in [1.82, 2.24) is 0 Å². The van der Waals surface area contributed by atoms with Gasteiger partial charge in [0.1, 0.15) is 5.75 Å². The maximum absolute atomic E-state index is 9.34. The van der Waals surface area contributed by atoms with Crippen LogP contribution in [0.15, 0.2) is 18.2 Å². The van der Waals surface area contributed by atoms with Gasteiger partial charge in [-0.3, -0.25) is 0 Å². The number of ether oxygens (including phenoxy) is 2. The van der Waals surface area contributed by atoms with Crippen LogP contribution in [0, 0.1) is 12.3 Å². The number of rotatable bonds is 5. The third-order valence-corrected chi connectivity index (χ3v) is 3.16. The molecule has 4 heteroatoms. The lowest BCUT2D eigenvalue weighted by Crippen LogP contribution is -2.50. The normalized spacial score (nSPS) is 17.4. The fourth-order valence-corrected chi connectivity index (χ4v) is 1.88. The topological polar surface area (TPSA) is 50.7 Å². The van der Waals surface area contributed by atoms with Gasteiger partial charge >= 0.3 is 0 Å². The number of aliphatic hydroxyl groups excluding tert-OH is 1. The van der Waals surface area contributed by atoms with Gasteiger partial charge in [0.15, 0.2) is 0 Å². The lowest BCUT2D eigenvalue weighted by Gasteiger charge is -2.40. The SMILES string of the molecule is COc1ccc(C)cc1NCC1(CO)COC1. The molecule has 1 fully saturated rings. The van der Waals surface area contributed by atoms with Gasteiger partial charge in [0.25, 0.3) is 0 Å². The molecule has 0 radical (unpaired) electrons. The highest BCUT2D eigenvalue weighted by Crippen LogP contribution is 2.30. The Balaban J connectivity index is 2.05. The van der Waals surface area contributed by atoms with Crippen molar-refractivity contribution in [2.75, 3.05) is 38.8 Å². The van der Waals surface area contributed by atoms with E-state index in [1.165, 1.54) is 5.56 Å². The second-order valence-corrected chi connectivity index (χ2v) is 4.71. The quantitative estimate of drug-likeness (QED) is 0.813. The average molecular weight is 237 g/mol. The summed E-state index contributed by atoms with van der Waals surface area (Å²) in [5.41, 5.74) is 2.01. The molecule has 0 unspecified atom stereocenters. The number of hydrogen-bond acceptors (Lipinski definition) is 4. The van der Waals surface area contributed by atoms with E-state index >= 15 is 0 Å². The average Bonchev–Trinajstić information content (AvgIpc) is 2.28. The Morgan fingerprint density at radius 3 is 2.76 bits per heavy atom. The molecule has 94 valence electrons. The number of anilines is 1. The van der Waals surface area contributed by atoms with Gasteiger partial charge in [-0.2, -0.15) is 0 Å². The number of methoxy groups -OCH3 is 1. The molecule has 1 aliphatic rings. The maximum Gasteiger partial charge on any atom is 0.141 e. The Morgan fingerprint density at radius 1 is 1.47 bits per heavy atom. The Kier molecular flexibility index (Phi) is 3.54. The van der Waals surface area contributed by atoms with Crippen molar-refractivity contribution in [2.45, 2.75) is 6.92 Å². The highest BCUT2D eigenvalue weighted by Gasteiger charge is 2.37. The predicted octanol–water partition coefficient (Wildman–Crippen LogP) is 1.42. The Hall–Kier alpha value is -1.26. The molecule has 4 nitrogen and oxygen atoms in total. The molecule has 0 atom stereocenters. The molecule has 1 aromatic rings. The van der Waals surface area contributed by atoms with Crippen molar-refractivity contribution >= 4 is 5.69 Å². The van der Waals surface area contributed by atoms with Crippen molar-refractivity contribution < 1.29 is 14.6 Å². The van der Waals surface area contributed by atoms with Crippen LogP contribution in [0.4, 0.5) is 5.69 Å². The van der Waals surface area contributed by atoms with Crippen LogP contribution in [0.3, 0.4) is 0 Å². The third-order valence-electron chi connectivity index (χ3n) is 3.16. The van der Waals surface area contributed by atoms with Gasteiger partial charge < -0.3 is 19.9 Å². The fraction of sp³-hybridized carbons (Fsp3) is 0.538. The van der Waals surface area contributed by atoms with E-state index < -0.39 is 0 Å². The van der Waals surface area contributed by atoms with E-state index in [0.29, 0.717) is 19.8 Å². The standard InChI is InChI=1S/C13H19NO3/c1-10-3-4-12(16-2)11(5-10)14-6-13(7-15)8-17-9-13/h3-5,14-15H,6-9H2,1-2H3. The number of hydrogen-bond donors (Lipinski definition) is 2. The van der Waals surface area contributed by atoms with Crippen LogP contribution in [0.1, 0.15) is 5.56 Å². The van der Waals surface area contributed by atoms with Crippen LogP contribution in [0.2, 0.25) is 0 Å². The molecule has 17 heavy (non-hydrogen) atoms. The highest BCUT2D eigenvalue weighted by atomic mass is 16.5. The van der Waals surface area contributed by atoms with Gasteiger partial charge in [-0.1, -0.05) is 6.07 Å². The summed E-state index contributed by atoms with van der Waals surface area (Å²) in [5, 5.41) is 12.7. The second-order valence-electron chi connectivity index (χ2n) is 4.71. The summed E-state index contributed by atoms with van der Waals surface area (Å²) in [6.45, 7) is 4.12. The zero-order valence-electron chi connectivity index (χ0n) is 10.3. The van der Waals surface area contributed by atoms with Gasteiger partial charge in [-0.05, 0) is 24.6 Å². The van der Waals surface area contributed by atoms with Crippen LogP contribution in [0.25, 0.3) is 0 Å². The van der Waals surface area contributed by atoms with Crippen LogP contribution in [-0.4, -0.2) is 38.6 Å². The first-order valence-electron chi connectivity index (χ1n) is 5.76. The maximum atomic E-state index is 9.34. The molecule has 0 amide bonds. The molecule has 0 saturated carbocycles. The lowest BCUT2D eigenvalue weighted by molar-refractivity contribution is -0.128. The number of aliphatic hydroxyl groups is 1. The van der Waals surface area contributed by atoms with E-state index in [0.717, 1.165) is 11.4 Å². The highest BCUT2D eigenvalue weighted by molar-refractivity contribution is 5.58. The smallest absolute Gasteiger partial charge is 0.141 e. The van der Waals surface area contributed by atoms with E-state index in [-0.39, 0.29) is 12.0 Å². The summed E-state index contributed by atoms with van der Waals surface area (Å²) < 4.78 is 10.5. The van der Waals surface area contributed by atoms with Crippen LogP contribution in [0.5, 0.6) is 5.75 Å². The molecular weight excluding hydrogens is 218 g/mol. The first-order chi connectivity index (χ1) is 8.19.